The molecule has 20 heavy (non-hydrogen) atoms. The van der Waals surface area contributed by atoms with Crippen LogP contribution in [0.15, 0.2) is 23.1 Å². The van der Waals surface area contributed by atoms with Gasteiger partial charge in [0, 0.05) is 13.2 Å². The van der Waals surface area contributed by atoms with E-state index < -0.39 is 10.0 Å². The molecular weight excluding hydrogens is 278 g/mol. The van der Waals surface area contributed by atoms with Gasteiger partial charge in [0.05, 0.1) is 16.3 Å². The second-order valence-electron chi connectivity index (χ2n) is 5.31. The Hall–Kier alpha value is -1.31. The number of aliphatic hydroxyl groups excluding tert-OH is 1. The van der Waals surface area contributed by atoms with Gasteiger partial charge in [0.1, 0.15) is 0 Å². The highest BCUT2D eigenvalue weighted by Crippen LogP contribution is 2.32. The minimum absolute atomic E-state index is 0.0410. The zero-order chi connectivity index (χ0) is 14.8. The molecule has 1 aromatic rings. The number of nitrogens with one attached hydrogen (secondary N) is 1. The van der Waals surface area contributed by atoms with Crippen molar-refractivity contribution in [2.45, 2.75) is 24.2 Å². The Balaban J connectivity index is 2.09. The zero-order valence-electron chi connectivity index (χ0n) is 11.2. The van der Waals surface area contributed by atoms with Crippen molar-refractivity contribution in [3.63, 3.8) is 0 Å². The van der Waals surface area contributed by atoms with Crippen LogP contribution >= 0.6 is 0 Å². The van der Waals surface area contributed by atoms with E-state index in [1.165, 1.54) is 18.2 Å². The summed E-state index contributed by atoms with van der Waals surface area (Å²) >= 11 is 0. The highest BCUT2D eigenvalue weighted by molar-refractivity contribution is 7.89. The lowest BCUT2D eigenvalue weighted by atomic mass is 9.97. The molecule has 0 spiro atoms. The summed E-state index contributed by atoms with van der Waals surface area (Å²) in [6.07, 6.45) is 3.22. The first-order valence-corrected chi connectivity index (χ1v) is 8.23. The van der Waals surface area contributed by atoms with Crippen molar-refractivity contribution >= 4 is 21.4 Å². The molecule has 7 heteroatoms. The molecule has 1 aliphatic rings. The molecule has 0 radical (unpaired) electrons. The van der Waals surface area contributed by atoms with Gasteiger partial charge in [-0.15, -0.1) is 0 Å². The molecule has 0 aliphatic heterocycles. The van der Waals surface area contributed by atoms with E-state index in [4.69, 9.17) is 10.9 Å². The van der Waals surface area contributed by atoms with Crippen LogP contribution in [0.3, 0.4) is 0 Å². The maximum Gasteiger partial charge on any atom is 0.238 e. The Morgan fingerprint density at radius 3 is 2.65 bits per heavy atom. The molecule has 112 valence electrons. The van der Waals surface area contributed by atoms with Gasteiger partial charge < -0.3 is 16.2 Å². The fraction of sp³-hybridized carbons (Fsp3) is 0.538. The number of rotatable bonds is 5. The summed E-state index contributed by atoms with van der Waals surface area (Å²) in [6.45, 7) is 0.864. The number of sulfonamides is 1. The van der Waals surface area contributed by atoms with E-state index in [1.807, 2.05) is 0 Å². The number of hydrogen-bond acceptors (Lipinski definition) is 5. The van der Waals surface area contributed by atoms with E-state index in [1.54, 1.807) is 0 Å². The average molecular weight is 299 g/mol. The van der Waals surface area contributed by atoms with Crippen LogP contribution in [-0.4, -0.2) is 26.7 Å². The first kappa shape index (κ1) is 15.1. The molecule has 2 unspecified atom stereocenters. The third-order valence-electron chi connectivity index (χ3n) is 3.96. The van der Waals surface area contributed by atoms with E-state index in [9.17, 15) is 13.5 Å². The zero-order valence-corrected chi connectivity index (χ0v) is 12.1. The standard InChI is InChI=1S/C13H21N3O3S/c14-12-5-4-11(20(15,18)19)6-13(12)16-7-9-2-1-3-10(9)8-17/h4-6,9-10,16-17H,1-3,7-8,14H2,(H2,15,18,19). The van der Waals surface area contributed by atoms with E-state index >= 15 is 0 Å². The van der Waals surface area contributed by atoms with E-state index in [0.717, 1.165) is 19.3 Å². The molecule has 0 amide bonds. The lowest BCUT2D eigenvalue weighted by Gasteiger charge is -2.19. The van der Waals surface area contributed by atoms with Crippen LogP contribution < -0.4 is 16.2 Å². The molecule has 2 rings (SSSR count). The molecule has 0 saturated heterocycles. The second-order valence-corrected chi connectivity index (χ2v) is 6.87. The van der Waals surface area contributed by atoms with Crippen molar-refractivity contribution in [2.24, 2.45) is 17.0 Å². The van der Waals surface area contributed by atoms with E-state index in [0.29, 0.717) is 29.8 Å². The molecule has 1 aliphatic carbocycles. The lowest BCUT2D eigenvalue weighted by molar-refractivity contribution is 0.199. The summed E-state index contributed by atoms with van der Waals surface area (Å²) in [6, 6.07) is 4.37. The fourth-order valence-electron chi connectivity index (χ4n) is 2.73. The molecule has 0 bridgehead atoms. The lowest BCUT2D eigenvalue weighted by Crippen LogP contribution is -2.21. The van der Waals surface area contributed by atoms with E-state index in [2.05, 4.69) is 5.32 Å². The molecule has 0 heterocycles. The SMILES string of the molecule is Nc1ccc(S(N)(=O)=O)cc1NCC1CCCC1CO. The summed E-state index contributed by atoms with van der Waals surface area (Å²) in [5.41, 5.74) is 6.89. The summed E-state index contributed by atoms with van der Waals surface area (Å²) in [7, 11) is -3.73. The number of nitrogen functional groups attached to an aromatic ring is 1. The highest BCUT2D eigenvalue weighted by atomic mass is 32.2. The fourth-order valence-corrected chi connectivity index (χ4v) is 3.27. The topological polar surface area (TPSA) is 118 Å². The summed E-state index contributed by atoms with van der Waals surface area (Å²) in [5.74, 6) is 0.697. The van der Waals surface area contributed by atoms with E-state index in [-0.39, 0.29) is 11.5 Å². The summed E-state index contributed by atoms with van der Waals surface area (Å²) in [4.78, 5) is 0.0410. The number of benzene rings is 1. The third-order valence-corrected chi connectivity index (χ3v) is 4.87. The first-order chi connectivity index (χ1) is 9.41. The van der Waals surface area contributed by atoms with Crippen LogP contribution in [-0.2, 0) is 10.0 Å². The Morgan fingerprint density at radius 1 is 1.30 bits per heavy atom. The quantitative estimate of drug-likeness (QED) is 0.598. The van der Waals surface area contributed by atoms with Gasteiger partial charge in [-0.1, -0.05) is 6.42 Å². The number of nitrogens with two attached hydrogens (primary N) is 2. The van der Waals surface area contributed by atoms with Gasteiger partial charge in [-0.25, -0.2) is 13.6 Å². The van der Waals surface area contributed by atoms with Crippen LogP contribution in [0.25, 0.3) is 0 Å². The Bertz CT molecular complexity index is 574. The van der Waals surface area contributed by atoms with Gasteiger partial charge in [0.25, 0.3) is 0 Å². The minimum Gasteiger partial charge on any atom is -0.397 e. The first-order valence-electron chi connectivity index (χ1n) is 6.69. The Kier molecular flexibility index (Phi) is 4.52. The molecule has 6 nitrogen and oxygen atoms in total. The van der Waals surface area contributed by atoms with Crippen molar-refractivity contribution < 1.29 is 13.5 Å². The number of anilines is 2. The van der Waals surface area contributed by atoms with Crippen LogP contribution in [0.1, 0.15) is 19.3 Å². The number of aliphatic hydroxyl groups is 1. The minimum atomic E-state index is -3.73. The monoisotopic (exact) mass is 299 g/mol. The smallest absolute Gasteiger partial charge is 0.238 e. The molecule has 1 aromatic carbocycles. The van der Waals surface area contributed by atoms with Gasteiger partial charge in [-0.3, -0.25) is 0 Å². The summed E-state index contributed by atoms with van der Waals surface area (Å²) in [5, 5.41) is 17.6. The number of primary sulfonamides is 1. The predicted octanol–water partition coefficient (Wildman–Crippen LogP) is 0.737. The molecule has 1 fully saturated rings. The molecule has 2 atom stereocenters. The maximum atomic E-state index is 11.3. The maximum absolute atomic E-state index is 11.3. The van der Waals surface area contributed by atoms with Crippen molar-refractivity contribution in [2.75, 3.05) is 24.2 Å². The van der Waals surface area contributed by atoms with Crippen molar-refractivity contribution in [3.8, 4) is 0 Å². The van der Waals surface area contributed by atoms with Gasteiger partial charge >= 0.3 is 0 Å². The molecular formula is C13H21N3O3S. The summed E-state index contributed by atoms with van der Waals surface area (Å²) < 4.78 is 22.7. The number of hydrogen-bond donors (Lipinski definition) is 4. The van der Waals surface area contributed by atoms with Crippen molar-refractivity contribution in [3.05, 3.63) is 18.2 Å². The highest BCUT2D eigenvalue weighted by Gasteiger charge is 2.26. The van der Waals surface area contributed by atoms with Gasteiger partial charge in [0.2, 0.25) is 10.0 Å². The second kappa shape index (κ2) is 5.99. The van der Waals surface area contributed by atoms with Crippen LogP contribution in [0.2, 0.25) is 0 Å². The molecule has 1 saturated carbocycles. The van der Waals surface area contributed by atoms with Gasteiger partial charge in [-0.05, 0) is 42.9 Å². The van der Waals surface area contributed by atoms with Crippen LogP contribution in [0.4, 0.5) is 11.4 Å². The van der Waals surface area contributed by atoms with Crippen LogP contribution in [0, 0.1) is 11.8 Å². The van der Waals surface area contributed by atoms with Gasteiger partial charge in [-0.2, -0.15) is 0 Å². The van der Waals surface area contributed by atoms with Gasteiger partial charge in [0.15, 0.2) is 0 Å². The van der Waals surface area contributed by atoms with Crippen LogP contribution in [0.5, 0.6) is 0 Å². The Morgan fingerprint density at radius 2 is 2.00 bits per heavy atom. The average Bonchev–Trinajstić information content (AvgIpc) is 2.83. The Labute approximate surface area is 119 Å². The molecule has 0 aromatic heterocycles. The predicted molar refractivity (Wildman–Crippen MR) is 78.6 cm³/mol. The van der Waals surface area contributed by atoms with Crippen molar-refractivity contribution in [1.29, 1.82) is 0 Å². The third kappa shape index (κ3) is 3.41. The van der Waals surface area contributed by atoms with Crippen molar-refractivity contribution in [1.82, 2.24) is 0 Å². The molecule has 6 N–H and O–H groups in total. The normalized spacial score (nSPS) is 22.9. The largest absolute Gasteiger partial charge is 0.397 e.